The highest BCUT2D eigenvalue weighted by atomic mass is 32.2. The van der Waals surface area contributed by atoms with Crippen LogP contribution in [0, 0.1) is 6.92 Å². The highest BCUT2D eigenvalue weighted by Gasteiger charge is 2.17. The zero-order valence-corrected chi connectivity index (χ0v) is 12.6. The smallest absolute Gasteiger partial charge is 0.270 e. The van der Waals surface area contributed by atoms with Crippen LogP contribution in [0.3, 0.4) is 0 Å². The van der Waals surface area contributed by atoms with E-state index in [1.165, 1.54) is 11.3 Å². The topological polar surface area (TPSA) is 64.9 Å². The van der Waals surface area contributed by atoms with Crippen LogP contribution in [0.15, 0.2) is 9.90 Å². The molecule has 0 amide bonds. The summed E-state index contributed by atoms with van der Waals surface area (Å²) in [6.07, 6.45) is 0. The van der Waals surface area contributed by atoms with Crippen molar-refractivity contribution in [2.45, 2.75) is 38.2 Å². The van der Waals surface area contributed by atoms with Crippen LogP contribution < -0.4 is 5.73 Å². The number of hydrogen-bond donors (Lipinski definition) is 1. The molecule has 0 radical (unpaired) electrons. The van der Waals surface area contributed by atoms with Crippen LogP contribution in [-0.2, 0) is 5.75 Å². The van der Waals surface area contributed by atoms with Crippen molar-refractivity contribution >= 4 is 28.8 Å². The standard InChI is InChI=1S/C12H17N3OS2/c1-7-5-17-10(9(7)13)11-14-8(15-16-11)6-18-12(2,3)4/h5H,6,13H2,1-4H3. The Hall–Kier alpha value is -1.01. The van der Waals surface area contributed by atoms with Gasteiger partial charge in [0.1, 0.15) is 4.88 Å². The molecule has 0 atom stereocenters. The minimum absolute atomic E-state index is 0.194. The number of thiophene rings is 1. The van der Waals surface area contributed by atoms with Gasteiger partial charge in [0.15, 0.2) is 5.82 Å². The van der Waals surface area contributed by atoms with Crippen LogP contribution >= 0.6 is 23.1 Å². The maximum Gasteiger partial charge on any atom is 0.270 e. The molecule has 4 nitrogen and oxygen atoms in total. The molecule has 0 saturated heterocycles. The van der Waals surface area contributed by atoms with Gasteiger partial charge >= 0.3 is 0 Å². The molecule has 2 aromatic heterocycles. The van der Waals surface area contributed by atoms with Crippen molar-refractivity contribution < 1.29 is 4.52 Å². The maximum atomic E-state index is 5.96. The second-order valence-electron chi connectivity index (χ2n) is 5.08. The fraction of sp³-hybridized carbons (Fsp3) is 0.500. The minimum Gasteiger partial charge on any atom is -0.397 e. The van der Waals surface area contributed by atoms with Crippen LogP contribution in [0.4, 0.5) is 5.69 Å². The fourth-order valence-corrected chi connectivity index (χ4v) is 2.88. The summed E-state index contributed by atoms with van der Waals surface area (Å²) in [6.45, 7) is 8.47. The lowest BCUT2D eigenvalue weighted by Crippen LogP contribution is -2.07. The number of aromatic nitrogens is 2. The summed E-state index contributed by atoms with van der Waals surface area (Å²) >= 11 is 3.33. The van der Waals surface area contributed by atoms with Crippen LogP contribution in [-0.4, -0.2) is 14.9 Å². The van der Waals surface area contributed by atoms with Gasteiger partial charge in [0.05, 0.1) is 11.4 Å². The molecule has 0 unspecified atom stereocenters. The first-order valence-electron chi connectivity index (χ1n) is 5.67. The molecule has 2 heterocycles. The second kappa shape index (κ2) is 4.93. The highest BCUT2D eigenvalue weighted by Crippen LogP contribution is 2.34. The van der Waals surface area contributed by atoms with E-state index >= 15 is 0 Å². The third-order valence-corrected chi connectivity index (χ3v) is 4.69. The summed E-state index contributed by atoms with van der Waals surface area (Å²) < 4.78 is 5.46. The van der Waals surface area contributed by atoms with Crippen molar-refractivity contribution in [1.82, 2.24) is 10.1 Å². The van der Waals surface area contributed by atoms with Crippen LogP contribution in [0.2, 0.25) is 0 Å². The monoisotopic (exact) mass is 283 g/mol. The first-order valence-corrected chi connectivity index (χ1v) is 7.54. The quantitative estimate of drug-likeness (QED) is 0.930. The van der Waals surface area contributed by atoms with Gasteiger partial charge in [-0.15, -0.1) is 23.1 Å². The number of rotatable bonds is 3. The Morgan fingerprint density at radius 1 is 1.44 bits per heavy atom. The average molecular weight is 283 g/mol. The highest BCUT2D eigenvalue weighted by molar-refractivity contribution is 7.99. The van der Waals surface area contributed by atoms with Crippen molar-refractivity contribution in [1.29, 1.82) is 0 Å². The summed E-state index contributed by atoms with van der Waals surface area (Å²) in [5.41, 5.74) is 7.75. The first-order chi connectivity index (χ1) is 8.37. The number of nitrogens with two attached hydrogens (primary N) is 1. The molecule has 0 bridgehead atoms. The Bertz CT molecular complexity index is 540. The molecule has 2 N–H and O–H groups in total. The van der Waals surface area contributed by atoms with Crippen molar-refractivity contribution in [2.75, 3.05) is 5.73 Å². The first kappa shape index (κ1) is 13.4. The zero-order valence-electron chi connectivity index (χ0n) is 11.0. The lowest BCUT2D eigenvalue weighted by molar-refractivity contribution is 0.426. The van der Waals surface area contributed by atoms with Gasteiger partial charge in [-0.25, -0.2) is 0 Å². The van der Waals surface area contributed by atoms with Gasteiger partial charge in [-0.3, -0.25) is 0 Å². The van der Waals surface area contributed by atoms with Crippen LogP contribution in [0.25, 0.3) is 10.8 Å². The largest absolute Gasteiger partial charge is 0.397 e. The molecule has 0 aliphatic carbocycles. The number of thioether (sulfide) groups is 1. The number of nitrogen functional groups attached to an aromatic ring is 1. The SMILES string of the molecule is Cc1csc(-c2nc(CSC(C)(C)C)no2)c1N. The van der Waals surface area contributed by atoms with Gasteiger partial charge in [0, 0.05) is 4.75 Å². The Balaban J connectivity index is 2.13. The van der Waals surface area contributed by atoms with Gasteiger partial charge < -0.3 is 10.3 Å². The summed E-state index contributed by atoms with van der Waals surface area (Å²) in [7, 11) is 0. The van der Waals surface area contributed by atoms with E-state index in [4.69, 9.17) is 10.3 Å². The van der Waals surface area contributed by atoms with Gasteiger partial charge in [0.2, 0.25) is 0 Å². The van der Waals surface area contributed by atoms with E-state index in [0.717, 1.165) is 27.7 Å². The number of aryl methyl sites for hydroxylation is 1. The fourth-order valence-electron chi connectivity index (χ4n) is 1.30. The molecule has 98 valence electrons. The molecule has 6 heteroatoms. The molecule has 0 aliphatic heterocycles. The Labute approximate surface area is 115 Å². The molecule has 18 heavy (non-hydrogen) atoms. The second-order valence-corrected chi connectivity index (χ2v) is 7.76. The molecular weight excluding hydrogens is 266 g/mol. The predicted octanol–water partition coefficient (Wildman–Crippen LogP) is 3.72. The zero-order chi connectivity index (χ0) is 13.3. The van der Waals surface area contributed by atoms with E-state index < -0.39 is 0 Å². The molecule has 2 aromatic rings. The Morgan fingerprint density at radius 3 is 2.72 bits per heavy atom. The predicted molar refractivity (Wildman–Crippen MR) is 77.8 cm³/mol. The summed E-state index contributed by atoms with van der Waals surface area (Å²) in [6, 6.07) is 0. The Kier molecular flexibility index (Phi) is 3.68. The van der Waals surface area contributed by atoms with Crippen molar-refractivity contribution in [3.05, 3.63) is 16.8 Å². The van der Waals surface area contributed by atoms with Crippen molar-refractivity contribution in [3.63, 3.8) is 0 Å². The van der Waals surface area contributed by atoms with Crippen molar-refractivity contribution in [3.8, 4) is 10.8 Å². The van der Waals surface area contributed by atoms with Crippen LogP contribution in [0.1, 0.15) is 32.2 Å². The molecule has 0 fully saturated rings. The van der Waals surface area contributed by atoms with Gasteiger partial charge in [-0.1, -0.05) is 25.9 Å². The molecule has 0 spiro atoms. The van der Waals surface area contributed by atoms with Gasteiger partial charge in [0.25, 0.3) is 5.89 Å². The Morgan fingerprint density at radius 2 is 2.17 bits per heavy atom. The third kappa shape index (κ3) is 3.05. The van der Waals surface area contributed by atoms with E-state index in [1.807, 2.05) is 12.3 Å². The molecule has 0 aliphatic rings. The number of hydrogen-bond acceptors (Lipinski definition) is 6. The van der Waals surface area contributed by atoms with Crippen molar-refractivity contribution in [2.24, 2.45) is 0 Å². The van der Waals surface area contributed by atoms with E-state index in [1.54, 1.807) is 11.8 Å². The van der Waals surface area contributed by atoms with E-state index in [0.29, 0.717) is 5.89 Å². The third-order valence-electron chi connectivity index (χ3n) is 2.32. The molecular formula is C12H17N3OS2. The van der Waals surface area contributed by atoms with Gasteiger partial charge in [-0.05, 0) is 17.9 Å². The molecule has 2 rings (SSSR count). The molecule has 0 aromatic carbocycles. The summed E-state index contributed by atoms with van der Waals surface area (Å²) in [5, 5.41) is 5.99. The lowest BCUT2D eigenvalue weighted by Gasteiger charge is -2.15. The van der Waals surface area contributed by atoms with Gasteiger partial charge in [-0.2, -0.15) is 4.98 Å². The average Bonchev–Trinajstić information content (AvgIpc) is 2.84. The summed E-state index contributed by atoms with van der Waals surface area (Å²) in [4.78, 5) is 5.26. The maximum absolute atomic E-state index is 5.96. The van der Waals surface area contributed by atoms with E-state index in [2.05, 4.69) is 30.9 Å². The summed E-state index contributed by atoms with van der Waals surface area (Å²) in [5.74, 6) is 1.99. The number of nitrogens with zero attached hydrogens (tertiary/aromatic N) is 2. The molecule has 0 saturated carbocycles. The van der Waals surface area contributed by atoms with E-state index in [-0.39, 0.29) is 4.75 Å². The minimum atomic E-state index is 0.194. The van der Waals surface area contributed by atoms with E-state index in [9.17, 15) is 0 Å². The van der Waals surface area contributed by atoms with Crippen LogP contribution in [0.5, 0.6) is 0 Å². The number of anilines is 1. The normalized spacial score (nSPS) is 12.0. The lowest BCUT2D eigenvalue weighted by atomic mass is 10.3.